The second-order valence-electron chi connectivity index (χ2n) is 4.24. The second kappa shape index (κ2) is 5.36. The van der Waals surface area contributed by atoms with Crippen molar-refractivity contribution >= 4 is 32.5 Å². The van der Waals surface area contributed by atoms with E-state index >= 15 is 0 Å². The van der Waals surface area contributed by atoms with Gasteiger partial charge in [0.05, 0.1) is 17.4 Å². The molecule has 0 saturated carbocycles. The molecule has 0 unspecified atom stereocenters. The van der Waals surface area contributed by atoms with Crippen LogP contribution >= 0.6 is 15.9 Å². The lowest BCUT2D eigenvalue weighted by molar-refractivity contribution is 1.14. The van der Waals surface area contributed by atoms with E-state index in [2.05, 4.69) is 55.5 Å². The van der Waals surface area contributed by atoms with E-state index in [4.69, 9.17) is 0 Å². The first-order chi connectivity index (χ1) is 9.33. The minimum atomic E-state index is 0.729. The Morgan fingerprint density at radius 1 is 1.11 bits per heavy atom. The van der Waals surface area contributed by atoms with Crippen LogP contribution in [0, 0.1) is 0 Å². The number of hydrogen-bond acceptors (Lipinski definition) is 3. The summed E-state index contributed by atoms with van der Waals surface area (Å²) in [6.07, 6.45) is 5.40. The number of anilines is 1. The SMILES string of the molecule is Brc1cncc(NCc2cccc3cccnc23)c1. The van der Waals surface area contributed by atoms with E-state index in [1.165, 1.54) is 5.56 Å². The van der Waals surface area contributed by atoms with E-state index < -0.39 is 0 Å². The number of nitrogens with zero attached hydrogens (tertiary/aromatic N) is 2. The Bertz CT molecular complexity index is 707. The Balaban J connectivity index is 1.86. The lowest BCUT2D eigenvalue weighted by Crippen LogP contribution is -2.01. The molecule has 2 heterocycles. The molecule has 0 aliphatic heterocycles. The summed E-state index contributed by atoms with van der Waals surface area (Å²) in [6, 6.07) is 12.3. The van der Waals surface area contributed by atoms with E-state index in [9.17, 15) is 0 Å². The predicted octanol–water partition coefficient (Wildman–Crippen LogP) is 4.00. The molecule has 94 valence electrons. The van der Waals surface area contributed by atoms with Crippen molar-refractivity contribution in [3.63, 3.8) is 0 Å². The van der Waals surface area contributed by atoms with Gasteiger partial charge in [-0.05, 0) is 33.6 Å². The summed E-state index contributed by atoms with van der Waals surface area (Å²) in [5.41, 5.74) is 3.21. The molecule has 2 aromatic heterocycles. The normalized spacial score (nSPS) is 10.6. The number of halogens is 1. The molecule has 1 N–H and O–H groups in total. The van der Waals surface area contributed by atoms with Crippen molar-refractivity contribution in [1.29, 1.82) is 0 Å². The second-order valence-corrected chi connectivity index (χ2v) is 5.15. The molecular formula is C15H12BrN3. The van der Waals surface area contributed by atoms with Crippen LogP contribution in [-0.4, -0.2) is 9.97 Å². The minimum Gasteiger partial charge on any atom is -0.380 e. The number of rotatable bonds is 3. The van der Waals surface area contributed by atoms with Crippen molar-refractivity contribution < 1.29 is 0 Å². The highest BCUT2D eigenvalue weighted by molar-refractivity contribution is 9.10. The minimum absolute atomic E-state index is 0.729. The fraction of sp³-hybridized carbons (Fsp3) is 0.0667. The third-order valence-corrected chi connectivity index (χ3v) is 3.34. The fourth-order valence-corrected chi connectivity index (χ4v) is 2.38. The van der Waals surface area contributed by atoms with E-state index in [-0.39, 0.29) is 0 Å². The van der Waals surface area contributed by atoms with Crippen molar-refractivity contribution in [2.24, 2.45) is 0 Å². The van der Waals surface area contributed by atoms with Crippen molar-refractivity contribution in [1.82, 2.24) is 9.97 Å². The molecule has 0 spiro atoms. The smallest absolute Gasteiger partial charge is 0.0751 e. The highest BCUT2D eigenvalue weighted by atomic mass is 79.9. The standard InChI is InChI=1S/C15H12BrN3/c16-13-7-14(10-17-9-13)19-8-12-4-1-3-11-5-2-6-18-15(11)12/h1-7,9-10,19H,8H2. The monoisotopic (exact) mass is 313 g/mol. The van der Waals surface area contributed by atoms with Gasteiger partial charge in [-0.25, -0.2) is 0 Å². The first kappa shape index (κ1) is 12.1. The summed E-state index contributed by atoms with van der Waals surface area (Å²) in [6.45, 7) is 0.729. The van der Waals surface area contributed by atoms with Gasteiger partial charge in [-0.1, -0.05) is 24.3 Å². The Kier molecular flexibility index (Phi) is 3.42. The van der Waals surface area contributed by atoms with Crippen LogP contribution in [0.1, 0.15) is 5.56 Å². The molecule has 0 bridgehead atoms. The van der Waals surface area contributed by atoms with Gasteiger partial charge in [0.25, 0.3) is 0 Å². The van der Waals surface area contributed by atoms with Crippen molar-refractivity contribution in [2.75, 3.05) is 5.32 Å². The van der Waals surface area contributed by atoms with Crippen LogP contribution in [0.2, 0.25) is 0 Å². The zero-order valence-electron chi connectivity index (χ0n) is 10.2. The van der Waals surface area contributed by atoms with Crippen LogP contribution in [0.3, 0.4) is 0 Å². The van der Waals surface area contributed by atoms with E-state index in [1.807, 2.05) is 24.5 Å². The molecule has 0 saturated heterocycles. The molecule has 3 aromatic rings. The van der Waals surface area contributed by atoms with Crippen LogP contribution in [0.4, 0.5) is 5.69 Å². The van der Waals surface area contributed by atoms with Gasteiger partial charge < -0.3 is 5.32 Å². The largest absolute Gasteiger partial charge is 0.380 e. The lowest BCUT2D eigenvalue weighted by atomic mass is 10.1. The van der Waals surface area contributed by atoms with Crippen LogP contribution < -0.4 is 5.32 Å². The maximum absolute atomic E-state index is 4.45. The molecular weight excluding hydrogens is 302 g/mol. The zero-order chi connectivity index (χ0) is 13.1. The summed E-state index contributed by atoms with van der Waals surface area (Å²) < 4.78 is 0.966. The van der Waals surface area contributed by atoms with Crippen LogP contribution in [0.5, 0.6) is 0 Å². The number of hydrogen-bond donors (Lipinski definition) is 1. The average molecular weight is 314 g/mol. The third kappa shape index (κ3) is 2.74. The lowest BCUT2D eigenvalue weighted by Gasteiger charge is -2.08. The molecule has 0 aliphatic rings. The Labute approximate surface area is 119 Å². The van der Waals surface area contributed by atoms with Gasteiger partial charge in [-0.3, -0.25) is 9.97 Å². The van der Waals surface area contributed by atoms with Gasteiger partial charge in [-0.2, -0.15) is 0 Å². The maximum atomic E-state index is 4.45. The highest BCUT2D eigenvalue weighted by Crippen LogP contribution is 2.18. The molecule has 19 heavy (non-hydrogen) atoms. The quantitative estimate of drug-likeness (QED) is 0.794. The number of nitrogens with one attached hydrogen (secondary N) is 1. The molecule has 3 nitrogen and oxygen atoms in total. The van der Waals surface area contributed by atoms with Gasteiger partial charge in [-0.15, -0.1) is 0 Å². The third-order valence-electron chi connectivity index (χ3n) is 2.90. The van der Waals surface area contributed by atoms with Crippen LogP contribution in [0.15, 0.2) is 59.5 Å². The summed E-state index contributed by atoms with van der Waals surface area (Å²) in [5.74, 6) is 0. The molecule has 1 aromatic carbocycles. The first-order valence-corrected chi connectivity index (χ1v) is 6.79. The summed E-state index contributed by atoms with van der Waals surface area (Å²) >= 11 is 3.41. The zero-order valence-corrected chi connectivity index (χ0v) is 11.8. The predicted molar refractivity (Wildman–Crippen MR) is 81.0 cm³/mol. The first-order valence-electron chi connectivity index (χ1n) is 6.00. The molecule has 0 amide bonds. The van der Waals surface area contributed by atoms with Crippen LogP contribution in [-0.2, 0) is 6.54 Å². The van der Waals surface area contributed by atoms with Gasteiger partial charge in [0.1, 0.15) is 0 Å². The van der Waals surface area contributed by atoms with Crippen molar-refractivity contribution in [3.05, 3.63) is 65.0 Å². The van der Waals surface area contributed by atoms with Crippen LogP contribution in [0.25, 0.3) is 10.9 Å². The van der Waals surface area contributed by atoms with Gasteiger partial charge in [0.15, 0.2) is 0 Å². The molecule has 0 fully saturated rings. The number of benzene rings is 1. The number of para-hydroxylation sites is 1. The number of pyridine rings is 2. The molecule has 0 aliphatic carbocycles. The Morgan fingerprint density at radius 3 is 2.89 bits per heavy atom. The van der Waals surface area contributed by atoms with Gasteiger partial charge in [0.2, 0.25) is 0 Å². The van der Waals surface area contributed by atoms with Gasteiger partial charge in [0, 0.05) is 28.8 Å². The van der Waals surface area contributed by atoms with Crippen molar-refractivity contribution in [2.45, 2.75) is 6.54 Å². The highest BCUT2D eigenvalue weighted by Gasteiger charge is 2.01. The average Bonchev–Trinajstić information content (AvgIpc) is 2.45. The summed E-state index contributed by atoms with van der Waals surface area (Å²) in [5, 5.41) is 4.52. The Hall–Kier alpha value is -1.94. The summed E-state index contributed by atoms with van der Waals surface area (Å²) in [7, 11) is 0. The molecule has 4 heteroatoms. The summed E-state index contributed by atoms with van der Waals surface area (Å²) in [4.78, 5) is 8.58. The van der Waals surface area contributed by atoms with E-state index in [0.29, 0.717) is 0 Å². The fourth-order valence-electron chi connectivity index (χ4n) is 2.02. The number of fused-ring (bicyclic) bond motifs is 1. The van der Waals surface area contributed by atoms with Gasteiger partial charge >= 0.3 is 0 Å². The number of aromatic nitrogens is 2. The maximum Gasteiger partial charge on any atom is 0.0751 e. The molecule has 3 rings (SSSR count). The topological polar surface area (TPSA) is 37.8 Å². The molecule has 0 atom stereocenters. The molecule has 0 radical (unpaired) electrons. The van der Waals surface area contributed by atoms with E-state index in [0.717, 1.165) is 27.6 Å². The Morgan fingerprint density at radius 2 is 2.00 bits per heavy atom. The van der Waals surface area contributed by atoms with E-state index in [1.54, 1.807) is 6.20 Å². The van der Waals surface area contributed by atoms with Crippen molar-refractivity contribution in [3.8, 4) is 0 Å².